The molecule has 0 spiro atoms. The van der Waals surface area contributed by atoms with Crippen LogP contribution in [0, 0.1) is 11.8 Å². The molecule has 2 saturated carbocycles. The molecule has 2 aliphatic rings. The molecule has 0 aromatic rings. The molecule has 0 aliphatic heterocycles. The highest BCUT2D eigenvalue weighted by atomic mass is 16.1. The minimum absolute atomic E-state index is 0.0886. The van der Waals surface area contributed by atoms with Crippen LogP contribution in [-0.2, 0) is 4.79 Å². The van der Waals surface area contributed by atoms with E-state index in [9.17, 15) is 4.79 Å². The number of hydrogen-bond acceptors (Lipinski definition) is 2. The molecular formula is C19H32N2O. The van der Waals surface area contributed by atoms with Gasteiger partial charge in [0.25, 0.3) is 0 Å². The van der Waals surface area contributed by atoms with Crippen LogP contribution in [0.2, 0.25) is 0 Å². The highest BCUT2D eigenvalue weighted by Crippen LogP contribution is 2.29. The molecule has 3 nitrogen and oxygen atoms in total. The van der Waals surface area contributed by atoms with Crippen molar-refractivity contribution in [3.63, 3.8) is 0 Å². The van der Waals surface area contributed by atoms with Gasteiger partial charge in [0.1, 0.15) is 0 Å². The monoisotopic (exact) mass is 304 g/mol. The smallest absolute Gasteiger partial charge is 0.220 e. The van der Waals surface area contributed by atoms with E-state index < -0.39 is 0 Å². The maximum Gasteiger partial charge on any atom is 0.220 e. The molecule has 0 bridgehead atoms. The Hall–Kier alpha value is -1.01. The van der Waals surface area contributed by atoms with E-state index in [1.54, 1.807) is 0 Å². The molecule has 1 amide bonds. The maximum atomic E-state index is 11.2. The number of nitrogens with one attached hydrogen (secondary N) is 1. The third-order valence-corrected chi connectivity index (χ3v) is 5.17. The fourth-order valence-electron chi connectivity index (χ4n) is 3.86. The Kier molecular flexibility index (Phi) is 7.80. The summed E-state index contributed by atoms with van der Waals surface area (Å²) in [5.74, 6) is 6.55. The molecule has 0 unspecified atom stereocenters. The van der Waals surface area contributed by atoms with Crippen LogP contribution < -0.4 is 5.32 Å². The van der Waals surface area contributed by atoms with Crippen molar-refractivity contribution in [1.29, 1.82) is 0 Å². The van der Waals surface area contributed by atoms with Gasteiger partial charge in [-0.2, -0.15) is 0 Å². The minimum Gasteiger partial charge on any atom is -0.345 e. The predicted molar refractivity (Wildman–Crippen MR) is 91.5 cm³/mol. The lowest BCUT2D eigenvalue weighted by molar-refractivity contribution is -0.120. The molecule has 0 saturated heterocycles. The van der Waals surface area contributed by atoms with E-state index in [2.05, 4.69) is 22.1 Å². The summed E-state index contributed by atoms with van der Waals surface area (Å²) in [7, 11) is 0. The van der Waals surface area contributed by atoms with Gasteiger partial charge < -0.3 is 5.32 Å². The van der Waals surface area contributed by atoms with Crippen LogP contribution in [0.15, 0.2) is 0 Å². The summed E-state index contributed by atoms with van der Waals surface area (Å²) < 4.78 is 0. The molecule has 0 atom stereocenters. The van der Waals surface area contributed by atoms with Crippen molar-refractivity contribution < 1.29 is 4.79 Å². The summed E-state index contributed by atoms with van der Waals surface area (Å²) in [6.07, 6.45) is 14.3. The predicted octanol–water partition coefficient (Wildman–Crippen LogP) is 3.48. The number of amides is 1. The molecule has 0 radical (unpaired) electrons. The molecule has 2 aliphatic carbocycles. The number of carbonyl (C=O) groups excluding carboxylic acids is 1. The first-order valence-electron chi connectivity index (χ1n) is 9.29. The summed E-state index contributed by atoms with van der Waals surface area (Å²) in [5, 5.41) is 2.83. The van der Waals surface area contributed by atoms with Crippen molar-refractivity contribution in [1.82, 2.24) is 10.2 Å². The zero-order valence-electron chi connectivity index (χ0n) is 14.2. The fraction of sp³-hybridized carbons (Fsp3) is 0.842. The summed E-state index contributed by atoms with van der Waals surface area (Å²) in [6, 6.07) is 1.49. The van der Waals surface area contributed by atoms with E-state index in [1.807, 2.05) is 6.92 Å². The van der Waals surface area contributed by atoms with Gasteiger partial charge in [0.2, 0.25) is 5.91 Å². The number of hydrogen-bond donors (Lipinski definition) is 1. The Labute approximate surface area is 136 Å². The first kappa shape index (κ1) is 17.3. The number of carbonyl (C=O) groups is 1. The summed E-state index contributed by atoms with van der Waals surface area (Å²) in [5.41, 5.74) is 0. The van der Waals surface area contributed by atoms with Crippen LogP contribution in [0.3, 0.4) is 0 Å². The molecule has 3 heteroatoms. The lowest BCUT2D eigenvalue weighted by Crippen LogP contribution is -2.45. The van der Waals surface area contributed by atoms with Crippen molar-refractivity contribution in [2.75, 3.05) is 13.1 Å². The van der Waals surface area contributed by atoms with E-state index >= 15 is 0 Å². The van der Waals surface area contributed by atoms with Gasteiger partial charge in [-0.05, 0) is 25.7 Å². The van der Waals surface area contributed by atoms with Crippen molar-refractivity contribution in [3.05, 3.63) is 0 Å². The van der Waals surface area contributed by atoms with Crippen LogP contribution in [0.5, 0.6) is 0 Å². The van der Waals surface area contributed by atoms with Gasteiger partial charge >= 0.3 is 0 Å². The van der Waals surface area contributed by atoms with Gasteiger partial charge in [-0.3, -0.25) is 9.69 Å². The van der Waals surface area contributed by atoms with E-state index in [4.69, 9.17) is 0 Å². The van der Waals surface area contributed by atoms with Crippen LogP contribution in [-0.4, -0.2) is 36.0 Å². The summed E-state index contributed by atoms with van der Waals surface area (Å²) in [4.78, 5) is 13.9. The zero-order chi connectivity index (χ0) is 15.6. The minimum atomic E-state index is 0.0886. The van der Waals surface area contributed by atoms with E-state index in [0.29, 0.717) is 13.0 Å². The molecule has 124 valence electrons. The average molecular weight is 304 g/mol. The highest BCUT2D eigenvalue weighted by Gasteiger charge is 2.27. The van der Waals surface area contributed by atoms with Crippen LogP contribution in [0.1, 0.15) is 77.6 Å². The molecular weight excluding hydrogens is 272 g/mol. The molecule has 2 fully saturated rings. The van der Waals surface area contributed by atoms with Crippen LogP contribution >= 0.6 is 0 Å². The van der Waals surface area contributed by atoms with Gasteiger partial charge in [0.05, 0.1) is 13.1 Å². The topological polar surface area (TPSA) is 32.3 Å². The Morgan fingerprint density at radius 1 is 0.955 bits per heavy atom. The van der Waals surface area contributed by atoms with E-state index in [1.165, 1.54) is 64.2 Å². The Bertz CT molecular complexity index is 366. The molecule has 2 rings (SSSR count). The average Bonchev–Trinajstić information content (AvgIpc) is 2.59. The van der Waals surface area contributed by atoms with Crippen molar-refractivity contribution in [2.45, 2.75) is 89.6 Å². The lowest BCUT2D eigenvalue weighted by Gasteiger charge is -2.40. The molecule has 22 heavy (non-hydrogen) atoms. The van der Waals surface area contributed by atoms with Crippen LogP contribution in [0.25, 0.3) is 0 Å². The van der Waals surface area contributed by atoms with Gasteiger partial charge in [0.15, 0.2) is 0 Å². The first-order valence-corrected chi connectivity index (χ1v) is 9.29. The summed E-state index contributed by atoms with van der Waals surface area (Å²) in [6.45, 7) is 3.25. The third kappa shape index (κ3) is 5.65. The molecule has 1 N–H and O–H groups in total. The standard InChI is InChI=1S/C19H32N2O/c1-2-19(22)20-15-9-10-16-21(17-11-5-3-6-12-17)18-13-7-4-8-14-18/h17-18H,2-8,11-16H2,1H3,(H,20,22). The largest absolute Gasteiger partial charge is 0.345 e. The normalized spacial score (nSPS) is 20.5. The van der Waals surface area contributed by atoms with E-state index in [0.717, 1.165) is 18.6 Å². The van der Waals surface area contributed by atoms with Crippen molar-refractivity contribution >= 4 is 5.91 Å². The van der Waals surface area contributed by atoms with Gasteiger partial charge in [0, 0.05) is 18.5 Å². The van der Waals surface area contributed by atoms with Gasteiger partial charge in [-0.1, -0.05) is 57.3 Å². The molecule has 0 heterocycles. The second-order valence-corrected chi connectivity index (χ2v) is 6.74. The zero-order valence-corrected chi connectivity index (χ0v) is 14.2. The molecule has 0 aromatic carbocycles. The Morgan fingerprint density at radius 3 is 2.00 bits per heavy atom. The second-order valence-electron chi connectivity index (χ2n) is 6.74. The van der Waals surface area contributed by atoms with Crippen molar-refractivity contribution in [3.8, 4) is 11.8 Å². The third-order valence-electron chi connectivity index (χ3n) is 5.17. The van der Waals surface area contributed by atoms with Crippen molar-refractivity contribution in [2.24, 2.45) is 0 Å². The SMILES string of the molecule is CCC(=O)NCC#CCN(C1CCCCC1)C1CCCCC1. The Morgan fingerprint density at radius 2 is 1.50 bits per heavy atom. The second kappa shape index (κ2) is 9.90. The number of nitrogens with zero attached hydrogens (tertiary/aromatic N) is 1. The molecule has 0 aromatic heterocycles. The lowest BCUT2D eigenvalue weighted by atomic mass is 9.88. The van der Waals surface area contributed by atoms with Crippen LogP contribution in [0.4, 0.5) is 0 Å². The van der Waals surface area contributed by atoms with E-state index in [-0.39, 0.29) is 5.91 Å². The highest BCUT2D eigenvalue weighted by molar-refractivity contribution is 5.75. The fourth-order valence-corrected chi connectivity index (χ4v) is 3.86. The maximum absolute atomic E-state index is 11.2. The number of rotatable bonds is 5. The quantitative estimate of drug-likeness (QED) is 0.789. The first-order chi connectivity index (χ1) is 10.8. The van der Waals surface area contributed by atoms with Gasteiger partial charge in [-0.15, -0.1) is 0 Å². The van der Waals surface area contributed by atoms with Gasteiger partial charge in [-0.25, -0.2) is 0 Å². The Balaban J connectivity index is 1.86. The summed E-state index contributed by atoms with van der Waals surface area (Å²) >= 11 is 0.